The van der Waals surface area contributed by atoms with Crippen LogP contribution in [0.25, 0.3) is 0 Å². The van der Waals surface area contributed by atoms with Gasteiger partial charge in [0.15, 0.2) is 5.11 Å². The first-order valence-corrected chi connectivity index (χ1v) is 7.10. The first kappa shape index (κ1) is 13.8. The van der Waals surface area contributed by atoms with E-state index >= 15 is 0 Å². The van der Waals surface area contributed by atoms with Crippen LogP contribution in [0, 0.1) is 5.92 Å². The van der Waals surface area contributed by atoms with Gasteiger partial charge in [0.1, 0.15) is 0 Å². The second kappa shape index (κ2) is 7.10. The molecule has 1 aliphatic rings. The molecule has 0 spiro atoms. The summed E-state index contributed by atoms with van der Waals surface area (Å²) in [5, 5.41) is 4.37. The number of nitrogens with zero attached hydrogens (tertiary/aromatic N) is 1. The van der Waals surface area contributed by atoms with Crippen LogP contribution in [0.3, 0.4) is 0 Å². The number of thiocarbonyl (C=S) groups is 1. The summed E-state index contributed by atoms with van der Waals surface area (Å²) in [4.78, 5) is 2.41. The van der Waals surface area contributed by atoms with Crippen LogP contribution >= 0.6 is 12.2 Å². The number of rotatable bonds is 7. The highest BCUT2D eigenvalue weighted by molar-refractivity contribution is 7.80. The van der Waals surface area contributed by atoms with Crippen LogP contribution in [0.2, 0.25) is 0 Å². The molecule has 0 heterocycles. The zero-order valence-electron chi connectivity index (χ0n) is 11.0. The number of nitrogens with one attached hydrogen (secondary N) is 1. The van der Waals surface area contributed by atoms with E-state index in [1.807, 2.05) is 0 Å². The summed E-state index contributed by atoms with van der Waals surface area (Å²) in [5.74, 6) is 0.764. The van der Waals surface area contributed by atoms with E-state index in [2.05, 4.69) is 31.0 Å². The van der Waals surface area contributed by atoms with Gasteiger partial charge in [-0.25, -0.2) is 0 Å². The lowest BCUT2D eigenvalue weighted by Crippen LogP contribution is -2.42. The summed E-state index contributed by atoms with van der Waals surface area (Å²) in [6.07, 6.45) is 6.33. The number of hydrogen-bond acceptors (Lipinski definition) is 1. The molecule has 0 unspecified atom stereocenters. The van der Waals surface area contributed by atoms with Gasteiger partial charge in [-0.15, -0.1) is 0 Å². The topological polar surface area (TPSA) is 15.3 Å². The Morgan fingerprint density at radius 1 is 1.44 bits per heavy atom. The predicted octanol–water partition coefficient (Wildman–Crippen LogP) is 3.17. The van der Waals surface area contributed by atoms with Crippen molar-refractivity contribution in [1.82, 2.24) is 10.2 Å². The van der Waals surface area contributed by atoms with E-state index in [-0.39, 0.29) is 0 Å². The molecule has 0 aromatic heterocycles. The molecular formula is C13H26N2S. The summed E-state index contributed by atoms with van der Waals surface area (Å²) in [6.45, 7) is 8.92. The van der Waals surface area contributed by atoms with Crippen molar-refractivity contribution in [3.8, 4) is 0 Å². The van der Waals surface area contributed by atoms with Gasteiger partial charge in [0, 0.05) is 19.1 Å². The molecule has 16 heavy (non-hydrogen) atoms. The molecule has 94 valence electrons. The zero-order chi connectivity index (χ0) is 12.0. The van der Waals surface area contributed by atoms with E-state index in [1.165, 1.54) is 32.1 Å². The molecule has 0 aromatic rings. The molecule has 2 nitrogen and oxygen atoms in total. The highest BCUT2D eigenvalue weighted by Gasteiger charge is 2.30. The molecule has 0 saturated heterocycles. The smallest absolute Gasteiger partial charge is 0.169 e. The maximum Gasteiger partial charge on any atom is 0.169 e. The quantitative estimate of drug-likeness (QED) is 0.545. The lowest BCUT2D eigenvalue weighted by atomic mass is 10.1. The summed E-state index contributed by atoms with van der Waals surface area (Å²) in [6, 6.07) is 0.736. The minimum absolute atomic E-state index is 0.736. The van der Waals surface area contributed by atoms with Crippen LogP contribution in [-0.4, -0.2) is 29.1 Å². The zero-order valence-corrected chi connectivity index (χ0v) is 11.8. The molecule has 1 aliphatic carbocycles. The molecule has 0 aromatic carbocycles. The normalized spacial score (nSPS) is 15.2. The Kier molecular flexibility index (Phi) is 6.10. The molecule has 1 rings (SSSR count). The Morgan fingerprint density at radius 3 is 2.62 bits per heavy atom. The van der Waals surface area contributed by atoms with Crippen molar-refractivity contribution in [3.05, 3.63) is 0 Å². The Hall–Kier alpha value is -0.310. The van der Waals surface area contributed by atoms with Crippen molar-refractivity contribution in [3.63, 3.8) is 0 Å². The van der Waals surface area contributed by atoms with Gasteiger partial charge in [0.25, 0.3) is 0 Å². The minimum Gasteiger partial charge on any atom is -0.363 e. The van der Waals surface area contributed by atoms with Gasteiger partial charge in [0.2, 0.25) is 0 Å². The van der Waals surface area contributed by atoms with Gasteiger partial charge in [-0.3, -0.25) is 0 Å². The van der Waals surface area contributed by atoms with E-state index in [0.29, 0.717) is 0 Å². The van der Waals surface area contributed by atoms with Gasteiger partial charge in [0.05, 0.1) is 0 Å². The van der Waals surface area contributed by atoms with Crippen LogP contribution in [-0.2, 0) is 0 Å². The van der Waals surface area contributed by atoms with Crippen LogP contribution in [0.4, 0.5) is 0 Å². The summed E-state index contributed by atoms with van der Waals surface area (Å²) >= 11 is 5.47. The first-order valence-electron chi connectivity index (χ1n) is 6.69. The van der Waals surface area contributed by atoms with Crippen LogP contribution in [0.15, 0.2) is 0 Å². The molecule has 1 saturated carbocycles. The maximum absolute atomic E-state index is 5.47. The van der Waals surface area contributed by atoms with E-state index in [4.69, 9.17) is 12.2 Å². The average Bonchev–Trinajstić information content (AvgIpc) is 3.02. The molecule has 0 bridgehead atoms. The number of unbranched alkanes of at least 4 members (excludes halogenated alkanes) is 1. The van der Waals surface area contributed by atoms with Crippen LogP contribution in [0.5, 0.6) is 0 Å². The summed E-state index contributed by atoms with van der Waals surface area (Å²) in [7, 11) is 0. The van der Waals surface area contributed by atoms with Gasteiger partial charge >= 0.3 is 0 Å². The van der Waals surface area contributed by atoms with E-state index in [1.54, 1.807) is 0 Å². The van der Waals surface area contributed by atoms with Crippen molar-refractivity contribution in [1.29, 1.82) is 0 Å². The Balaban J connectivity index is 2.28. The third-order valence-electron chi connectivity index (χ3n) is 3.00. The van der Waals surface area contributed by atoms with E-state index in [9.17, 15) is 0 Å². The van der Waals surface area contributed by atoms with Crippen LogP contribution in [0.1, 0.15) is 52.9 Å². The Morgan fingerprint density at radius 2 is 2.12 bits per heavy atom. The van der Waals surface area contributed by atoms with Crippen molar-refractivity contribution in [2.75, 3.05) is 13.1 Å². The second-order valence-corrected chi connectivity index (χ2v) is 5.58. The van der Waals surface area contributed by atoms with E-state index in [0.717, 1.165) is 30.2 Å². The maximum atomic E-state index is 5.47. The van der Waals surface area contributed by atoms with Crippen molar-refractivity contribution in [2.45, 2.75) is 58.9 Å². The van der Waals surface area contributed by atoms with E-state index < -0.39 is 0 Å². The molecular weight excluding hydrogens is 216 g/mol. The third kappa shape index (κ3) is 5.15. The second-order valence-electron chi connectivity index (χ2n) is 5.19. The molecule has 1 N–H and O–H groups in total. The van der Waals surface area contributed by atoms with Crippen molar-refractivity contribution < 1.29 is 0 Å². The largest absolute Gasteiger partial charge is 0.363 e. The lowest BCUT2D eigenvalue weighted by Gasteiger charge is -2.26. The Labute approximate surface area is 106 Å². The summed E-state index contributed by atoms with van der Waals surface area (Å²) < 4.78 is 0. The monoisotopic (exact) mass is 242 g/mol. The third-order valence-corrected chi connectivity index (χ3v) is 3.38. The highest BCUT2D eigenvalue weighted by atomic mass is 32.1. The number of hydrogen-bond donors (Lipinski definition) is 1. The molecule has 3 heteroatoms. The van der Waals surface area contributed by atoms with Gasteiger partial charge in [-0.1, -0.05) is 27.2 Å². The molecule has 0 aliphatic heterocycles. The van der Waals surface area contributed by atoms with Gasteiger partial charge in [-0.05, 0) is 43.8 Å². The fraction of sp³-hybridized carbons (Fsp3) is 0.923. The standard InChI is InChI=1S/C13H26N2S/c1-4-5-9-14-13(16)15(12-6-7-12)10-8-11(2)3/h11-12H,4-10H2,1-3H3,(H,14,16). The first-order chi connectivity index (χ1) is 7.65. The Bertz CT molecular complexity index is 212. The average molecular weight is 242 g/mol. The van der Waals surface area contributed by atoms with Gasteiger partial charge in [-0.2, -0.15) is 0 Å². The lowest BCUT2D eigenvalue weighted by molar-refractivity contribution is 0.367. The molecule has 1 fully saturated rings. The minimum atomic E-state index is 0.736. The highest BCUT2D eigenvalue weighted by Crippen LogP contribution is 2.27. The molecule has 0 radical (unpaired) electrons. The fourth-order valence-electron chi connectivity index (χ4n) is 1.71. The SMILES string of the molecule is CCCCNC(=S)N(CCC(C)C)C1CC1. The van der Waals surface area contributed by atoms with Gasteiger partial charge < -0.3 is 10.2 Å². The van der Waals surface area contributed by atoms with Crippen LogP contribution < -0.4 is 5.32 Å². The van der Waals surface area contributed by atoms with Crippen molar-refractivity contribution >= 4 is 17.3 Å². The summed E-state index contributed by atoms with van der Waals surface area (Å²) in [5.41, 5.74) is 0. The molecule has 0 atom stereocenters. The predicted molar refractivity (Wildman–Crippen MR) is 74.7 cm³/mol. The van der Waals surface area contributed by atoms with Crippen molar-refractivity contribution in [2.24, 2.45) is 5.92 Å². The molecule has 0 amide bonds. The fourth-order valence-corrected chi connectivity index (χ4v) is 2.05.